The van der Waals surface area contributed by atoms with Crippen molar-refractivity contribution in [3.63, 3.8) is 0 Å². The Morgan fingerprint density at radius 1 is 1.53 bits per heavy atom. The summed E-state index contributed by atoms with van der Waals surface area (Å²) >= 11 is 1.73. The van der Waals surface area contributed by atoms with E-state index in [9.17, 15) is 4.79 Å². The number of pyridine rings is 1. The quantitative estimate of drug-likeness (QED) is 0.870. The van der Waals surface area contributed by atoms with Gasteiger partial charge in [0.25, 0.3) is 5.91 Å². The van der Waals surface area contributed by atoms with Gasteiger partial charge in [0.05, 0.1) is 0 Å². The molecule has 1 N–H and O–H groups in total. The first kappa shape index (κ1) is 13.8. The van der Waals surface area contributed by atoms with Crippen molar-refractivity contribution in [1.82, 2.24) is 9.88 Å². The Hall–Kier alpha value is -1.23. The number of aromatic nitrogens is 1. The fraction of sp³-hybridized carbons (Fsp3) is 0.500. The number of nitrogens with one attached hydrogen (secondary N) is 1. The minimum Gasteiger partial charge on any atom is -0.373 e. The van der Waals surface area contributed by atoms with Gasteiger partial charge in [-0.2, -0.15) is 11.8 Å². The number of rotatable bonds is 5. The topological polar surface area (TPSA) is 45.2 Å². The highest BCUT2D eigenvalue weighted by molar-refractivity contribution is 7.98. The second kappa shape index (κ2) is 6.49. The molecular formula is C12H19N3OS. The van der Waals surface area contributed by atoms with Gasteiger partial charge < -0.3 is 10.2 Å². The van der Waals surface area contributed by atoms with Crippen molar-refractivity contribution in [2.75, 3.05) is 38.0 Å². The number of anilines is 1. The van der Waals surface area contributed by atoms with Crippen LogP contribution in [0.25, 0.3) is 0 Å². The Kier molecular flexibility index (Phi) is 5.28. The molecular weight excluding hydrogens is 234 g/mol. The van der Waals surface area contributed by atoms with E-state index < -0.39 is 0 Å². The maximum absolute atomic E-state index is 12.1. The van der Waals surface area contributed by atoms with E-state index in [4.69, 9.17) is 0 Å². The molecule has 0 spiro atoms. The molecule has 5 heteroatoms. The summed E-state index contributed by atoms with van der Waals surface area (Å²) < 4.78 is 0. The summed E-state index contributed by atoms with van der Waals surface area (Å²) in [6.07, 6.45) is 2.04. The molecule has 0 aliphatic carbocycles. The van der Waals surface area contributed by atoms with Gasteiger partial charge >= 0.3 is 0 Å². The van der Waals surface area contributed by atoms with Gasteiger partial charge in [0.1, 0.15) is 5.82 Å². The zero-order valence-electron chi connectivity index (χ0n) is 10.8. The molecule has 0 aliphatic rings. The van der Waals surface area contributed by atoms with Crippen molar-refractivity contribution < 1.29 is 4.79 Å². The van der Waals surface area contributed by atoms with Crippen LogP contribution in [-0.2, 0) is 0 Å². The zero-order chi connectivity index (χ0) is 12.8. The molecule has 1 rings (SSSR count). The average Bonchev–Trinajstić information content (AvgIpc) is 2.34. The van der Waals surface area contributed by atoms with Crippen LogP contribution in [0.1, 0.15) is 16.1 Å². The molecule has 0 fully saturated rings. The average molecular weight is 253 g/mol. The summed E-state index contributed by atoms with van der Waals surface area (Å²) in [5.74, 6) is 1.72. The maximum Gasteiger partial charge on any atom is 0.253 e. The number of amides is 1. The Labute approximate surface area is 107 Å². The van der Waals surface area contributed by atoms with E-state index in [2.05, 4.69) is 10.3 Å². The fourth-order valence-electron chi connectivity index (χ4n) is 1.47. The third-order valence-corrected chi connectivity index (χ3v) is 3.02. The molecule has 0 bridgehead atoms. The molecule has 0 radical (unpaired) electrons. The molecule has 0 aliphatic heterocycles. The number of aryl methyl sites for hydroxylation is 1. The first-order valence-corrected chi connectivity index (χ1v) is 6.88. The molecule has 17 heavy (non-hydrogen) atoms. The minimum atomic E-state index is 0.0426. The Balaban J connectivity index is 2.84. The van der Waals surface area contributed by atoms with Crippen LogP contribution in [0.4, 0.5) is 5.82 Å². The molecule has 0 saturated carbocycles. The van der Waals surface area contributed by atoms with E-state index in [0.717, 1.165) is 23.8 Å². The van der Waals surface area contributed by atoms with Crippen LogP contribution in [0.3, 0.4) is 0 Å². The van der Waals surface area contributed by atoms with E-state index in [1.165, 1.54) is 0 Å². The SMILES string of the molecule is CNc1cc(C(=O)N(C)CCSC)cc(C)n1. The van der Waals surface area contributed by atoms with Gasteiger partial charge in [0.15, 0.2) is 0 Å². The molecule has 0 unspecified atom stereocenters. The highest BCUT2D eigenvalue weighted by Crippen LogP contribution is 2.11. The molecule has 0 aromatic carbocycles. The van der Waals surface area contributed by atoms with Gasteiger partial charge in [-0.15, -0.1) is 0 Å². The molecule has 1 aromatic rings. The summed E-state index contributed by atoms with van der Waals surface area (Å²) in [5, 5.41) is 2.96. The molecule has 1 heterocycles. The van der Waals surface area contributed by atoms with Gasteiger partial charge in [-0.3, -0.25) is 4.79 Å². The Morgan fingerprint density at radius 3 is 2.82 bits per heavy atom. The molecule has 4 nitrogen and oxygen atoms in total. The number of hydrogen-bond donors (Lipinski definition) is 1. The van der Waals surface area contributed by atoms with Crippen LogP contribution < -0.4 is 5.32 Å². The highest BCUT2D eigenvalue weighted by atomic mass is 32.2. The molecule has 0 saturated heterocycles. The standard InChI is InChI=1S/C12H19N3OS/c1-9-7-10(8-11(13-2)14-9)12(16)15(3)5-6-17-4/h7-8H,5-6H2,1-4H3,(H,13,14). The lowest BCUT2D eigenvalue weighted by Gasteiger charge is -2.17. The van der Waals surface area contributed by atoms with Crippen molar-refractivity contribution in [3.05, 3.63) is 23.4 Å². The lowest BCUT2D eigenvalue weighted by atomic mass is 10.2. The fourth-order valence-corrected chi connectivity index (χ4v) is 1.93. The van der Waals surface area contributed by atoms with Crippen LogP contribution in [0.5, 0.6) is 0 Å². The van der Waals surface area contributed by atoms with Crippen LogP contribution in [-0.4, -0.2) is 48.4 Å². The first-order valence-electron chi connectivity index (χ1n) is 5.49. The van der Waals surface area contributed by atoms with Crippen LogP contribution in [0, 0.1) is 6.92 Å². The third-order valence-electron chi connectivity index (χ3n) is 2.43. The maximum atomic E-state index is 12.1. The van der Waals surface area contributed by atoms with Crippen LogP contribution in [0.2, 0.25) is 0 Å². The lowest BCUT2D eigenvalue weighted by Crippen LogP contribution is -2.29. The molecule has 1 amide bonds. The van der Waals surface area contributed by atoms with Gasteiger partial charge in [-0.1, -0.05) is 0 Å². The summed E-state index contributed by atoms with van der Waals surface area (Å²) in [6.45, 7) is 2.65. The van der Waals surface area contributed by atoms with Gasteiger partial charge in [0.2, 0.25) is 0 Å². The van der Waals surface area contributed by atoms with E-state index in [1.54, 1.807) is 29.8 Å². The van der Waals surface area contributed by atoms with E-state index in [0.29, 0.717) is 5.56 Å². The zero-order valence-corrected chi connectivity index (χ0v) is 11.6. The number of thioether (sulfide) groups is 1. The van der Waals surface area contributed by atoms with Gasteiger partial charge in [-0.25, -0.2) is 4.98 Å². The first-order chi connectivity index (χ1) is 8.08. The molecule has 94 valence electrons. The predicted molar refractivity (Wildman–Crippen MR) is 73.9 cm³/mol. The van der Waals surface area contributed by atoms with Gasteiger partial charge in [-0.05, 0) is 25.3 Å². The highest BCUT2D eigenvalue weighted by Gasteiger charge is 2.12. The predicted octanol–water partition coefficient (Wildman–Crippen LogP) is 1.87. The summed E-state index contributed by atoms with van der Waals surface area (Å²) in [5.41, 5.74) is 1.53. The lowest BCUT2D eigenvalue weighted by molar-refractivity contribution is 0.0803. The third kappa shape index (κ3) is 3.93. The van der Waals surface area contributed by atoms with Crippen molar-refractivity contribution in [2.45, 2.75) is 6.92 Å². The summed E-state index contributed by atoms with van der Waals surface area (Å²) in [7, 11) is 3.63. The summed E-state index contributed by atoms with van der Waals surface area (Å²) in [6, 6.07) is 3.60. The largest absolute Gasteiger partial charge is 0.373 e. The van der Waals surface area contributed by atoms with E-state index in [-0.39, 0.29) is 5.91 Å². The second-order valence-corrected chi connectivity index (χ2v) is 4.84. The summed E-state index contributed by atoms with van der Waals surface area (Å²) in [4.78, 5) is 18.1. The smallest absolute Gasteiger partial charge is 0.253 e. The number of nitrogens with zero attached hydrogens (tertiary/aromatic N) is 2. The van der Waals surface area contributed by atoms with E-state index >= 15 is 0 Å². The second-order valence-electron chi connectivity index (χ2n) is 3.85. The van der Waals surface area contributed by atoms with Crippen molar-refractivity contribution in [2.24, 2.45) is 0 Å². The number of carbonyl (C=O) groups is 1. The van der Waals surface area contributed by atoms with Crippen molar-refractivity contribution in [3.8, 4) is 0 Å². The van der Waals surface area contributed by atoms with Crippen molar-refractivity contribution in [1.29, 1.82) is 0 Å². The number of carbonyl (C=O) groups excluding carboxylic acids is 1. The van der Waals surface area contributed by atoms with Gasteiger partial charge in [0, 0.05) is 37.7 Å². The minimum absolute atomic E-state index is 0.0426. The van der Waals surface area contributed by atoms with E-state index in [1.807, 2.05) is 26.3 Å². The molecule has 0 atom stereocenters. The number of hydrogen-bond acceptors (Lipinski definition) is 4. The van der Waals surface area contributed by atoms with Crippen LogP contribution in [0.15, 0.2) is 12.1 Å². The van der Waals surface area contributed by atoms with Crippen LogP contribution >= 0.6 is 11.8 Å². The normalized spacial score (nSPS) is 10.1. The molecule has 1 aromatic heterocycles. The Morgan fingerprint density at radius 2 is 2.24 bits per heavy atom. The monoisotopic (exact) mass is 253 g/mol. The Bertz CT molecular complexity index is 395. The van der Waals surface area contributed by atoms with Crippen molar-refractivity contribution >= 4 is 23.5 Å².